The van der Waals surface area contributed by atoms with E-state index in [2.05, 4.69) is 17.6 Å². The lowest BCUT2D eigenvalue weighted by Gasteiger charge is -2.28. The van der Waals surface area contributed by atoms with Gasteiger partial charge in [-0.05, 0) is 37.8 Å². The molecular weight excluding hydrogens is 200 g/mol. The van der Waals surface area contributed by atoms with Crippen LogP contribution in [-0.2, 0) is 4.79 Å². The van der Waals surface area contributed by atoms with Crippen molar-refractivity contribution in [1.29, 1.82) is 0 Å². The molecule has 3 heteroatoms. The lowest BCUT2D eigenvalue weighted by Crippen LogP contribution is -2.31. The quantitative estimate of drug-likeness (QED) is 0.679. The Labute approximate surface area is 99.4 Å². The average molecular weight is 226 g/mol. The molecule has 0 aliphatic heterocycles. The molecule has 1 rings (SSSR count). The minimum Gasteiger partial charge on any atom is -0.356 e. The van der Waals surface area contributed by atoms with E-state index < -0.39 is 0 Å². The van der Waals surface area contributed by atoms with Gasteiger partial charge in [0.05, 0.1) is 0 Å². The Kier molecular flexibility index (Phi) is 6.46. The van der Waals surface area contributed by atoms with Crippen LogP contribution < -0.4 is 10.6 Å². The van der Waals surface area contributed by atoms with E-state index >= 15 is 0 Å². The summed E-state index contributed by atoms with van der Waals surface area (Å²) in [5, 5.41) is 6.32. The molecule has 1 fully saturated rings. The summed E-state index contributed by atoms with van der Waals surface area (Å²) in [6, 6.07) is 0. The minimum absolute atomic E-state index is 0.0703. The first-order valence-corrected chi connectivity index (χ1v) is 6.65. The third kappa shape index (κ3) is 5.50. The van der Waals surface area contributed by atoms with Crippen LogP contribution in [0.3, 0.4) is 0 Å². The molecule has 2 N–H and O–H groups in total. The van der Waals surface area contributed by atoms with Crippen LogP contribution in [0.1, 0.15) is 46.0 Å². The van der Waals surface area contributed by atoms with Crippen LogP contribution >= 0.6 is 0 Å². The number of rotatable bonds is 6. The van der Waals surface area contributed by atoms with Gasteiger partial charge in [0.15, 0.2) is 0 Å². The Balaban J connectivity index is 1.95. The summed E-state index contributed by atoms with van der Waals surface area (Å²) >= 11 is 0. The fourth-order valence-corrected chi connectivity index (χ4v) is 2.46. The van der Waals surface area contributed by atoms with E-state index in [9.17, 15) is 4.79 Å². The minimum atomic E-state index is 0.0703. The van der Waals surface area contributed by atoms with Gasteiger partial charge >= 0.3 is 0 Å². The number of nitrogens with one attached hydrogen (secondary N) is 2. The van der Waals surface area contributed by atoms with Gasteiger partial charge in [0.2, 0.25) is 5.91 Å². The van der Waals surface area contributed by atoms with Crippen LogP contribution in [0.5, 0.6) is 0 Å². The largest absolute Gasteiger partial charge is 0.356 e. The number of carbonyl (C=O) groups excluding carboxylic acids is 1. The van der Waals surface area contributed by atoms with Crippen molar-refractivity contribution < 1.29 is 4.79 Å². The normalized spacial score (nSPS) is 25.4. The zero-order chi connectivity index (χ0) is 11.8. The zero-order valence-electron chi connectivity index (χ0n) is 10.7. The van der Waals surface area contributed by atoms with Crippen LogP contribution in [0.2, 0.25) is 0 Å². The predicted octanol–water partition coefficient (Wildman–Crippen LogP) is 1.93. The SMILES string of the molecule is CC(=O)NCCCNC[C@@H]1CCCC[C@H]1C. The molecule has 1 amide bonds. The van der Waals surface area contributed by atoms with E-state index in [1.165, 1.54) is 25.7 Å². The Hall–Kier alpha value is -0.570. The summed E-state index contributed by atoms with van der Waals surface area (Å²) in [5.41, 5.74) is 0. The van der Waals surface area contributed by atoms with E-state index in [1.807, 2.05) is 0 Å². The monoisotopic (exact) mass is 226 g/mol. The number of hydrogen-bond acceptors (Lipinski definition) is 2. The number of amides is 1. The predicted molar refractivity (Wildman–Crippen MR) is 67.3 cm³/mol. The van der Waals surface area contributed by atoms with Crippen molar-refractivity contribution in [3.05, 3.63) is 0 Å². The molecule has 94 valence electrons. The molecule has 0 saturated heterocycles. The summed E-state index contributed by atoms with van der Waals surface area (Å²) in [5.74, 6) is 1.83. The fourth-order valence-electron chi connectivity index (χ4n) is 2.46. The average Bonchev–Trinajstić information content (AvgIpc) is 2.25. The van der Waals surface area contributed by atoms with Gasteiger partial charge in [0.25, 0.3) is 0 Å². The smallest absolute Gasteiger partial charge is 0.216 e. The first-order valence-electron chi connectivity index (χ1n) is 6.65. The Morgan fingerprint density at radius 3 is 2.69 bits per heavy atom. The molecule has 1 saturated carbocycles. The van der Waals surface area contributed by atoms with Gasteiger partial charge in [0.1, 0.15) is 0 Å². The van der Waals surface area contributed by atoms with Crippen molar-refractivity contribution in [2.45, 2.75) is 46.0 Å². The van der Waals surface area contributed by atoms with E-state index in [1.54, 1.807) is 6.92 Å². The molecule has 2 atom stereocenters. The van der Waals surface area contributed by atoms with Gasteiger partial charge in [-0.1, -0.05) is 26.2 Å². The van der Waals surface area contributed by atoms with Gasteiger partial charge in [-0.3, -0.25) is 4.79 Å². The standard InChI is InChI=1S/C13H26N2O/c1-11-6-3-4-7-13(11)10-14-8-5-9-15-12(2)16/h11,13-14H,3-10H2,1-2H3,(H,15,16)/t11-,13+/m1/s1. The van der Waals surface area contributed by atoms with E-state index in [4.69, 9.17) is 0 Å². The van der Waals surface area contributed by atoms with Gasteiger partial charge in [-0.2, -0.15) is 0 Å². The third-order valence-electron chi connectivity index (χ3n) is 3.60. The molecule has 1 aliphatic carbocycles. The molecule has 0 unspecified atom stereocenters. The second-order valence-corrected chi connectivity index (χ2v) is 5.06. The summed E-state index contributed by atoms with van der Waals surface area (Å²) < 4.78 is 0. The Morgan fingerprint density at radius 1 is 1.25 bits per heavy atom. The van der Waals surface area contributed by atoms with E-state index in [-0.39, 0.29) is 5.91 Å². The highest BCUT2D eigenvalue weighted by molar-refractivity contribution is 5.72. The lowest BCUT2D eigenvalue weighted by atomic mass is 9.80. The highest BCUT2D eigenvalue weighted by atomic mass is 16.1. The highest BCUT2D eigenvalue weighted by Crippen LogP contribution is 2.28. The van der Waals surface area contributed by atoms with Crippen LogP contribution in [0, 0.1) is 11.8 Å². The molecule has 0 radical (unpaired) electrons. The first-order chi connectivity index (χ1) is 7.70. The Bertz CT molecular complexity index is 206. The molecule has 0 bridgehead atoms. The molecule has 0 spiro atoms. The van der Waals surface area contributed by atoms with Crippen LogP contribution in [0.4, 0.5) is 0 Å². The first kappa shape index (κ1) is 13.5. The van der Waals surface area contributed by atoms with Crippen molar-refractivity contribution in [2.75, 3.05) is 19.6 Å². The molecule has 16 heavy (non-hydrogen) atoms. The molecule has 0 aromatic carbocycles. The van der Waals surface area contributed by atoms with Gasteiger partial charge < -0.3 is 10.6 Å². The van der Waals surface area contributed by atoms with Crippen LogP contribution in [-0.4, -0.2) is 25.5 Å². The summed E-state index contributed by atoms with van der Waals surface area (Å²) in [4.78, 5) is 10.6. The summed E-state index contributed by atoms with van der Waals surface area (Å²) in [7, 11) is 0. The molecule has 0 heterocycles. The molecular formula is C13H26N2O. The van der Waals surface area contributed by atoms with Gasteiger partial charge in [-0.25, -0.2) is 0 Å². The summed E-state index contributed by atoms with van der Waals surface area (Å²) in [6.45, 7) is 6.91. The fraction of sp³-hybridized carbons (Fsp3) is 0.923. The number of hydrogen-bond donors (Lipinski definition) is 2. The van der Waals surface area contributed by atoms with E-state index in [0.717, 1.165) is 37.9 Å². The second kappa shape index (κ2) is 7.66. The van der Waals surface area contributed by atoms with Crippen molar-refractivity contribution in [2.24, 2.45) is 11.8 Å². The Morgan fingerprint density at radius 2 is 2.00 bits per heavy atom. The van der Waals surface area contributed by atoms with Crippen molar-refractivity contribution in [3.63, 3.8) is 0 Å². The third-order valence-corrected chi connectivity index (χ3v) is 3.60. The van der Waals surface area contributed by atoms with Crippen LogP contribution in [0.25, 0.3) is 0 Å². The van der Waals surface area contributed by atoms with Gasteiger partial charge in [0, 0.05) is 13.5 Å². The number of carbonyl (C=O) groups is 1. The van der Waals surface area contributed by atoms with Gasteiger partial charge in [-0.15, -0.1) is 0 Å². The topological polar surface area (TPSA) is 41.1 Å². The lowest BCUT2D eigenvalue weighted by molar-refractivity contribution is -0.118. The maximum Gasteiger partial charge on any atom is 0.216 e. The van der Waals surface area contributed by atoms with Crippen molar-refractivity contribution in [1.82, 2.24) is 10.6 Å². The molecule has 3 nitrogen and oxygen atoms in total. The van der Waals surface area contributed by atoms with Crippen molar-refractivity contribution in [3.8, 4) is 0 Å². The molecule has 0 aromatic heterocycles. The second-order valence-electron chi connectivity index (χ2n) is 5.06. The molecule has 0 aromatic rings. The zero-order valence-corrected chi connectivity index (χ0v) is 10.7. The maximum absolute atomic E-state index is 10.6. The summed E-state index contributed by atoms with van der Waals surface area (Å²) in [6.07, 6.45) is 6.64. The van der Waals surface area contributed by atoms with E-state index in [0.29, 0.717) is 0 Å². The van der Waals surface area contributed by atoms with Crippen molar-refractivity contribution >= 4 is 5.91 Å². The van der Waals surface area contributed by atoms with Crippen LogP contribution in [0.15, 0.2) is 0 Å². The highest BCUT2D eigenvalue weighted by Gasteiger charge is 2.20. The maximum atomic E-state index is 10.6. The molecule has 1 aliphatic rings.